The second-order valence-corrected chi connectivity index (χ2v) is 6.46. The molecular weight excluding hydrogens is 349 g/mol. The summed E-state index contributed by atoms with van der Waals surface area (Å²) in [5.41, 5.74) is 1.29. The Bertz CT molecular complexity index is 829. The first-order chi connectivity index (χ1) is 13.0. The molecule has 3 rings (SSSR count). The summed E-state index contributed by atoms with van der Waals surface area (Å²) in [6.45, 7) is 0. The van der Waals surface area contributed by atoms with E-state index in [1.807, 2.05) is 54.6 Å². The summed E-state index contributed by atoms with van der Waals surface area (Å²) < 4.78 is 46.0. The Hall–Kier alpha value is -2.75. The van der Waals surface area contributed by atoms with Gasteiger partial charge in [0.2, 0.25) is 0 Å². The average Bonchev–Trinajstić information content (AvgIpc) is 2.66. The first kappa shape index (κ1) is 19.0. The van der Waals surface area contributed by atoms with Gasteiger partial charge in [-0.2, -0.15) is 13.2 Å². The summed E-state index contributed by atoms with van der Waals surface area (Å²) in [6, 6.07) is 25.1. The summed E-state index contributed by atoms with van der Waals surface area (Å²) in [5, 5.41) is 0. The third-order valence-electron chi connectivity index (χ3n) is 4.43. The van der Waals surface area contributed by atoms with Crippen molar-refractivity contribution in [1.29, 1.82) is 0 Å². The van der Waals surface area contributed by atoms with Gasteiger partial charge in [-0.05, 0) is 54.7 Å². The molecule has 0 N–H and O–H groups in total. The number of alkyl halides is 3. The van der Waals surface area contributed by atoms with Crippen LogP contribution in [-0.4, -0.2) is 6.18 Å². The van der Waals surface area contributed by atoms with E-state index in [2.05, 4.69) is 0 Å². The molecule has 3 aromatic carbocycles. The van der Waals surface area contributed by atoms with Crippen molar-refractivity contribution in [3.8, 4) is 11.5 Å². The van der Waals surface area contributed by atoms with Gasteiger partial charge in [0.15, 0.2) is 0 Å². The Balaban J connectivity index is 1.61. The van der Waals surface area contributed by atoms with Gasteiger partial charge >= 0.3 is 6.18 Å². The maximum atomic E-state index is 13.4. The van der Waals surface area contributed by atoms with Crippen molar-refractivity contribution in [1.82, 2.24) is 0 Å². The van der Waals surface area contributed by atoms with Crippen LogP contribution >= 0.6 is 0 Å². The minimum Gasteiger partial charge on any atom is -0.457 e. The molecule has 0 fully saturated rings. The third kappa shape index (κ3) is 5.61. The van der Waals surface area contributed by atoms with Gasteiger partial charge in [-0.3, -0.25) is 0 Å². The van der Waals surface area contributed by atoms with Crippen LogP contribution in [0.25, 0.3) is 0 Å². The molecule has 1 nitrogen and oxygen atoms in total. The average molecular weight is 370 g/mol. The van der Waals surface area contributed by atoms with E-state index < -0.39 is 12.1 Å². The lowest BCUT2D eigenvalue weighted by molar-refractivity contribution is -0.152. The summed E-state index contributed by atoms with van der Waals surface area (Å²) in [7, 11) is 0. The van der Waals surface area contributed by atoms with Gasteiger partial charge in [-0.1, -0.05) is 60.7 Å². The molecule has 3 aromatic rings. The molecule has 0 aliphatic heterocycles. The summed E-state index contributed by atoms with van der Waals surface area (Å²) in [4.78, 5) is 0. The van der Waals surface area contributed by atoms with E-state index in [1.54, 1.807) is 30.3 Å². The fourth-order valence-electron chi connectivity index (χ4n) is 3.10. The van der Waals surface area contributed by atoms with E-state index in [1.165, 1.54) is 0 Å². The highest BCUT2D eigenvalue weighted by atomic mass is 19.4. The lowest BCUT2D eigenvalue weighted by Gasteiger charge is -2.20. The van der Waals surface area contributed by atoms with E-state index in [0.29, 0.717) is 24.2 Å². The Morgan fingerprint density at radius 2 is 1.37 bits per heavy atom. The molecule has 0 spiro atoms. The number of halogens is 3. The van der Waals surface area contributed by atoms with Crippen molar-refractivity contribution in [3.63, 3.8) is 0 Å². The first-order valence-electron chi connectivity index (χ1n) is 8.96. The van der Waals surface area contributed by atoms with Crippen molar-refractivity contribution in [3.05, 3.63) is 96.1 Å². The molecule has 4 heteroatoms. The fraction of sp³-hybridized carbons (Fsp3) is 0.217. The van der Waals surface area contributed by atoms with Gasteiger partial charge in [0.05, 0.1) is 5.92 Å². The smallest absolute Gasteiger partial charge is 0.395 e. The van der Waals surface area contributed by atoms with Crippen LogP contribution in [0, 0.1) is 0 Å². The molecule has 0 saturated carbocycles. The predicted molar refractivity (Wildman–Crippen MR) is 101 cm³/mol. The van der Waals surface area contributed by atoms with Crippen LogP contribution in [0.1, 0.15) is 29.9 Å². The summed E-state index contributed by atoms with van der Waals surface area (Å²) >= 11 is 0. The molecule has 0 aliphatic carbocycles. The zero-order valence-corrected chi connectivity index (χ0v) is 14.8. The van der Waals surface area contributed by atoms with E-state index in [9.17, 15) is 13.2 Å². The first-order valence-corrected chi connectivity index (χ1v) is 8.96. The van der Waals surface area contributed by atoms with Crippen molar-refractivity contribution >= 4 is 0 Å². The molecule has 1 unspecified atom stereocenters. The lowest BCUT2D eigenvalue weighted by atomic mass is 9.92. The van der Waals surface area contributed by atoms with E-state index in [0.717, 1.165) is 11.3 Å². The molecule has 0 saturated heterocycles. The predicted octanol–water partition coefficient (Wildman–Crippen LogP) is 7.15. The molecule has 0 aliphatic rings. The van der Waals surface area contributed by atoms with Crippen molar-refractivity contribution in [2.45, 2.75) is 31.4 Å². The standard InChI is InChI=1S/C23H21F3O/c24-23(25,26)22(19-11-3-1-4-12-19)16-8-10-18-9-7-15-21(17-18)27-20-13-5-2-6-14-20/h1-7,9,11-15,17,22H,8,10,16H2. The topological polar surface area (TPSA) is 9.23 Å². The Morgan fingerprint density at radius 3 is 2.04 bits per heavy atom. The van der Waals surface area contributed by atoms with Crippen molar-refractivity contribution in [2.75, 3.05) is 0 Å². The van der Waals surface area contributed by atoms with Gasteiger partial charge in [0.1, 0.15) is 11.5 Å². The second kappa shape index (κ2) is 8.76. The molecule has 0 amide bonds. The number of ether oxygens (including phenoxy) is 1. The minimum atomic E-state index is -4.24. The quantitative estimate of drug-likeness (QED) is 0.429. The number of aryl methyl sites for hydroxylation is 1. The van der Waals surface area contributed by atoms with E-state index >= 15 is 0 Å². The van der Waals surface area contributed by atoms with Crippen LogP contribution < -0.4 is 4.74 Å². The van der Waals surface area contributed by atoms with Crippen LogP contribution in [0.2, 0.25) is 0 Å². The van der Waals surface area contributed by atoms with Gasteiger partial charge in [0.25, 0.3) is 0 Å². The molecule has 0 heterocycles. The molecule has 0 bridgehead atoms. The minimum absolute atomic E-state index is 0.0667. The monoisotopic (exact) mass is 370 g/mol. The Kier molecular flexibility index (Phi) is 6.17. The number of hydrogen-bond donors (Lipinski definition) is 0. The number of rotatable bonds is 7. The molecule has 140 valence electrons. The molecular formula is C23H21F3O. The number of hydrogen-bond acceptors (Lipinski definition) is 1. The molecule has 0 aromatic heterocycles. The molecule has 0 radical (unpaired) electrons. The third-order valence-corrected chi connectivity index (χ3v) is 4.43. The van der Waals surface area contributed by atoms with E-state index in [-0.39, 0.29) is 6.42 Å². The van der Waals surface area contributed by atoms with E-state index in [4.69, 9.17) is 4.74 Å². The van der Waals surface area contributed by atoms with Gasteiger partial charge < -0.3 is 4.74 Å². The maximum Gasteiger partial charge on any atom is 0.395 e. The second-order valence-electron chi connectivity index (χ2n) is 6.46. The Morgan fingerprint density at radius 1 is 0.741 bits per heavy atom. The summed E-state index contributed by atoms with van der Waals surface area (Å²) in [5.74, 6) is -0.00700. The SMILES string of the molecule is FC(F)(F)C(CCCc1cccc(Oc2ccccc2)c1)c1ccccc1. The fourth-order valence-corrected chi connectivity index (χ4v) is 3.10. The largest absolute Gasteiger partial charge is 0.457 e. The highest BCUT2D eigenvalue weighted by Gasteiger charge is 2.39. The normalized spacial score (nSPS) is 12.6. The van der Waals surface area contributed by atoms with Crippen LogP contribution in [-0.2, 0) is 6.42 Å². The van der Waals surface area contributed by atoms with Gasteiger partial charge in [-0.25, -0.2) is 0 Å². The van der Waals surface area contributed by atoms with Crippen LogP contribution in [0.15, 0.2) is 84.9 Å². The molecule has 27 heavy (non-hydrogen) atoms. The maximum absolute atomic E-state index is 13.4. The van der Waals surface area contributed by atoms with Crippen LogP contribution in [0.5, 0.6) is 11.5 Å². The zero-order valence-electron chi connectivity index (χ0n) is 14.8. The highest BCUT2D eigenvalue weighted by molar-refractivity contribution is 5.34. The lowest BCUT2D eigenvalue weighted by Crippen LogP contribution is -2.21. The molecule has 1 atom stereocenters. The van der Waals surface area contributed by atoms with Gasteiger partial charge in [-0.15, -0.1) is 0 Å². The van der Waals surface area contributed by atoms with Crippen LogP contribution in [0.3, 0.4) is 0 Å². The highest BCUT2D eigenvalue weighted by Crippen LogP contribution is 2.38. The van der Waals surface area contributed by atoms with Gasteiger partial charge in [0, 0.05) is 0 Å². The Labute approximate surface area is 157 Å². The van der Waals surface area contributed by atoms with Crippen molar-refractivity contribution < 1.29 is 17.9 Å². The number of benzene rings is 3. The van der Waals surface area contributed by atoms with Crippen LogP contribution in [0.4, 0.5) is 13.2 Å². The number of para-hydroxylation sites is 1. The van der Waals surface area contributed by atoms with Crippen molar-refractivity contribution in [2.24, 2.45) is 0 Å². The zero-order chi connectivity index (χ0) is 19.1. The summed E-state index contributed by atoms with van der Waals surface area (Å²) in [6.07, 6.45) is -3.14.